The molecule has 1 aromatic carbocycles. The highest BCUT2D eigenvalue weighted by Gasteiger charge is 2.31. The molecule has 0 radical (unpaired) electrons. The minimum absolute atomic E-state index is 0.553. The van der Waals surface area contributed by atoms with Crippen molar-refractivity contribution in [1.82, 2.24) is 25.0 Å². The fraction of sp³-hybridized carbons (Fsp3) is 0.625. The van der Waals surface area contributed by atoms with Gasteiger partial charge in [-0.15, -0.1) is 10.2 Å². The van der Waals surface area contributed by atoms with E-state index in [1.807, 2.05) is 18.5 Å². The maximum atomic E-state index is 5.03. The second-order valence-electron chi connectivity index (χ2n) is 8.91. The maximum Gasteiger partial charge on any atom is 0.194 e. The molecule has 2 unspecified atom stereocenters. The molecule has 1 N–H and O–H groups in total. The summed E-state index contributed by atoms with van der Waals surface area (Å²) < 4.78 is 2.03. The van der Waals surface area contributed by atoms with Crippen molar-refractivity contribution in [3.05, 3.63) is 47.5 Å². The number of rotatable bonds is 5. The Morgan fingerprint density at radius 2 is 1.90 bits per heavy atom. The van der Waals surface area contributed by atoms with E-state index in [-0.39, 0.29) is 0 Å². The van der Waals surface area contributed by atoms with Gasteiger partial charge < -0.3 is 14.8 Å². The molecule has 2 heterocycles. The van der Waals surface area contributed by atoms with Gasteiger partial charge in [0.15, 0.2) is 11.8 Å². The molecule has 30 heavy (non-hydrogen) atoms. The van der Waals surface area contributed by atoms with Crippen LogP contribution in [0.2, 0.25) is 0 Å². The van der Waals surface area contributed by atoms with Gasteiger partial charge in [0.25, 0.3) is 0 Å². The van der Waals surface area contributed by atoms with Crippen LogP contribution in [0.3, 0.4) is 0 Å². The summed E-state index contributed by atoms with van der Waals surface area (Å²) in [6, 6.07) is 11.6. The normalized spacial score (nSPS) is 23.2. The minimum atomic E-state index is 0.553. The largest absolute Gasteiger partial charge is 0.353 e. The molecule has 0 spiro atoms. The van der Waals surface area contributed by atoms with Crippen molar-refractivity contribution in [3.63, 3.8) is 0 Å². The zero-order valence-electron chi connectivity index (χ0n) is 18.7. The highest BCUT2D eigenvalue weighted by Crippen LogP contribution is 2.35. The molecule has 1 saturated heterocycles. The van der Waals surface area contributed by atoms with E-state index in [0.717, 1.165) is 30.7 Å². The van der Waals surface area contributed by atoms with Crippen molar-refractivity contribution in [2.24, 2.45) is 18.0 Å². The molecule has 6 nitrogen and oxygen atoms in total. The molecule has 4 rings (SSSR count). The lowest BCUT2D eigenvalue weighted by atomic mass is 9.79. The Morgan fingerprint density at radius 1 is 1.13 bits per heavy atom. The van der Waals surface area contributed by atoms with Gasteiger partial charge in [-0.2, -0.15) is 0 Å². The number of hydrogen-bond donors (Lipinski definition) is 1. The number of aliphatic imine (C=N–C) groups is 1. The van der Waals surface area contributed by atoms with Crippen LogP contribution in [0, 0.1) is 12.8 Å². The van der Waals surface area contributed by atoms with E-state index in [1.165, 1.54) is 44.1 Å². The summed E-state index contributed by atoms with van der Waals surface area (Å²) in [6.07, 6.45) is 7.51. The number of benzene rings is 1. The Labute approximate surface area is 180 Å². The zero-order valence-corrected chi connectivity index (χ0v) is 18.7. The van der Waals surface area contributed by atoms with Crippen LogP contribution in [0.25, 0.3) is 0 Å². The average molecular weight is 409 g/mol. The molecule has 162 valence electrons. The molecule has 1 aromatic heterocycles. The van der Waals surface area contributed by atoms with E-state index in [1.54, 1.807) is 0 Å². The molecular formula is C24H36N6. The number of aromatic nitrogens is 3. The lowest BCUT2D eigenvalue weighted by Crippen LogP contribution is -2.50. The molecule has 2 aliphatic rings. The minimum Gasteiger partial charge on any atom is -0.353 e. The second-order valence-corrected chi connectivity index (χ2v) is 8.91. The topological polar surface area (TPSA) is 58.3 Å². The number of piperidine rings is 1. The summed E-state index contributed by atoms with van der Waals surface area (Å²) in [4.78, 5) is 7.53. The monoisotopic (exact) mass is 408 g/mol. The van der Waals surface area contributed by atoms with E-state index in [4.69, 9.17) is 4.99 Å². The van der Waals surface area contributed by atoms with Gasteiger partial charge in [0.05, 0.1) is 0 Å². The van der Waals surface area contributed by atoms with Gasteiger partial charge in [-0.25, -0.2) is 4.99 Å². The van der Waals surface area contributed by atoms with Gasteiger partial charge in [0.1, 0.15) is 12.4 Å². The lowest BCUT2D eigenvalue weighted by Gasteiger charge is -2.40. The highest BCUT2D eigenvalue weighted by atomic mass is 15.3. The Hall–Kier alpha value is -2.37. The zero-order chi connectivity index (χ0) is 20.9. The molecule has 0 amide bonds. The number of nitrogens with zero attached hydrogens (tertiary/aromatic N) is 5. The second kappa shape index (κ2) is 9.63. The first-order valence-electron chi connectivity index (χ1n) is 11.6. The van der Waals surface area contributed by atoms with Crippen molar-refractivity contribution in [2.75, 3.05) is 13.1 Å². The van der Waals surface area contributed by atoms with Crippen LogP contribution in [-0.4, -0.2) is 44.8 Å². The molecule has 2 atom stereocenters. The first kappa shape index (κ1) is 20.9. The standard InChI is InChI=1S/C24H36N6/c1-4-19-17-30(15-14-22(19)20-10-6-5-7-11-20)24(26-21-12-8-9-13-21)25-16-23-28-27-18(2)29(23)3/h5-7,10-11,19,21-22H,4,8-9,12-17H2,1-3H3,(H,25,26). The highest BCUT2D eigenvalue weighted by molar-refractivity contribution is 5.80. The Balaban J connectivity index is 1.51. The van der Waals surface area contributed by atoms with Gasteiger partial charge in [0.2, 0.25) is 0 Å². The van der Waals surface area contributed by atoms with E-state index in [9.17, 15) is 0 Å². The van der Waals surface area contributed by atoms with Gasteiger partial charge in [-0.1, -0.05) is 56.5 Å². The number of nitrogens with one attached hydrogen (secondary N) is 1. The summed E-state index contributed by atoms with van der Waals surface area (Å²) in [5, 5.41) is 12.3. The van der Waals surface area contributed by atoms with E-state index in [0.29, 0.717) is 24.4 Å². The van der Waals surface area contributed by atoms with Crippen LogP contribution < -0.4 is 5.32 Å². The predicted octanol–water partition coefficient (Wildman–Crippen LogP) is 4.03. The number of likely N-dealkylation sites (tertiary alicyclic amines) is 1. The summed E-state index contributed by atoms with van der Waals surface area (Å²) in [5.41, 5.74) is 1.49. The molecule has 0 bridgehead atoms. The first-order chi connectivity index (χ1) is 14.7. The maximum absolute atomic E-state index is 5.03. The van der Waals surface area contributed by atoms with Crippen molar-refractivity contribution < 1.29 is 0 Å². The molecule has 2 aromatic rings. The third-order valence-electron chi connectivity index (χ3n) is 7.03. The average Bonchev–Trinajstić information content (AvgIpc) is 3.41. The molecule has 6 heteroatoms. The fourth-order valence-corrected chi connectivity index (χ4v) is 5.00. The van der Waals surface area contributed by atoms with Gasteiger partial charge >= 0.3 is 0 Å². The first-order valence-corrected chi connectivity index (χ1v) is 11.6. The Bertz CT molecular complexity index is 837. The molecule has 1 aliphatic heterocycles. The van der Waals surface area contributed by atoms with Crippen LogP contribution in [0.4, 0.5) is 0 Å². The third-order valence-corrected chi connectivity index (χ3v) is 7.03. The summed E-state index contributed by atoms with van der Waals surface area (Å²) >= 11 is 0. The smallest absolute Gasteiger partial charge is 0.194 e. The Morgan fingerprint density at radius 3 is 2.57 bits per heavy atom. The van der Waals surface area contributed by atoms with E-state index >= 15 is 0 Å². The lowest BCUT2D eigenvalue weighted by molar-refractivity contribution is 0.214. The fourth-order valence-electron chi connectivity index (χ4n) is 5.00. The number of hydrogen-bond acceptors (Lipinski definition) is 3. The third kappa shape index (κ3) is 4.68. The summed E-state index contributed by atoms with van der Waals surface area (Å²) in [7, 11) is 2.02. The van der Waals surface area contributed by atoms with Gasteiger partial charge in [-0.05, 0) is 43.6 Å². The Kier molecular flexibility index (Phi) is 6.70. The predicted molar refractivity (Wildman–Crippen MR) is 121 cm³/mol. The molecule has 2 fully saturated rings. The van der Waals surface area contributed by atoms with Crippen molar-refractivity contribution in [1.29, 1.82) is 0 Å². The van der Waals surface area contributed by atoms with Crippen LogP contribution in [-0.2, 0) is 13.6 Å². The van der Waals surface area contributed by atoms with Crippen LogP contribution in [0.1, 0.15) is 68.6 Å². The van der Waals surface area contributed by atoms with E-state index in [2.05, 4.69) is 57.7 Å². The summed E-state index contributed by atoms with van der Waals surface area (Å²) in [5.74, 6) is 4.20. The van der Waals surface area contributed by atoms with Crippen molar-refractivity contribution >= 4 is 5.96 Å². The molecule has 1 saturated carbocycles. The van der Waals surface area contributed by atoms with E-state index < -0.39 is 0 Å². The van der Waals surface area contributed by atoms with Gasteiger partial charge in [0, 0.05) is 26.2 Å². The summed E-state index contributed by atoms with van der Waals surface area (Å²) in [6.45, 7) is 6.99. The molecular weight excluding hydrogens is 372 g/mol. The van der Waals surface area contributed by atoms with Crippen LogP contribution in [0.15, 0.2) is 35.3 Å². The number of aryl methyl sites for hydroxylation is 1. The van der Waals surface area contributed by atoms with Crippen molar-refractivity contribution in [3.8, 4) is 0 Å². The van der Waals surface area contributed by atoms with Gasteiger partial charge in [-0.3, -0.25) is 0 Å². The van der Waals surface area contributed by atoms with Crippen molar-refractivity contribution in [2.45, 2.75) is 70.9 Å². The van der Waals surface area contributed by atoms with Crippen LogP contribution >= 0.6 is 0 Å². The quantitative estimate of drug-likeness (QED) is 0.599. The van der Waals surface area contributed by atoms with Crippen LogP contribution in [0.5, 0.6) is 0 Å². The SMILES string of the molecule is CCC1CN(C(=NCc2nnc(C)n2C)NC2CCCC2)CCC1c1ccccc1. The molecule has 1 aliphatic carbocycles. The number of guanidine groups is 1.